The van der Waals surface area contributed by atoms with Crippen molar-refractivity contribution in [2.24, 2.45) is 39.8 Å². The fourth-order valence-corrected chi connectivity index (χ4v) is 9.65. The van der Waals surface area contributed by atoms with E-state index in [2.05, 4.69) is 29.5 Å². The molecule has 4 atom stereocenters. The molecule has 0 aliphatic heterocycles. The summed E-state index contributed by atoms with van der Waals surface area (Å²) in [6, 6.07) is 19.1. The van der Waals surface area contributed by atoms with Gasteiger partial charge in [0.25, 0.3) is 0 Å². The molecule has 0 radical (unpaired) electrons. The van der Waals surface area contributed by atoms with Crippen molar-refractivity contribution in [1.82, 2.24) is 4.98 Å². The molecule has 75 heavy (non-hydrogen) atoms. The van der Waals surface area contributed by atoms with E-state index in [9.17, 15) is 34.7 Å². The van der Waals surface area contributed by atoms with Crippen LogP contribution in [-0.2, 0) is 39.8 Å². The highest BCUT2D eigenvalue weighted by Crippen LogP contribution is 2.39. The van der Waals surface area contributed by atoms with Gasteiger partial charge in [-0.15, -0.1) is 10.2 Å². The minimum absolute atomic E-state index is 0.0331. The molecule has 0 amide bonds. The third kappa shape index (κ3) is 16.5. The minimum atomic E-state index is -1.25. The number of hydrogen-bond donors (Lipinski definition) is 2. The number of nitrogens with zero attached hydrogens (tertiary/aromatic N) is 4. The number of rotatable bonds is 24. The van der Waals surface area contributed by atoms with E-state index >= 15 is 0 Å². The Labute approximate surface area is 439 Å². The van der Waals surface area contributed by atoms with E-state index in [4.69, 9.17) is 42.9 Å². The Morgan fingerprint density at radius 2 is 1.39 bits per heavy atom. The van der Waals surface area contributed by atoms with E-state index in [1.807, 2.05) is 26.0 Å². The summed E-state index contributed by atoms with van der Waals surface area (Å²) in [7, 11) is 0. The van der Waals surface area contributed by atoms with Crippen LogP contribution in [0, 0.1) is 40.9 Å². The maximum Gasteiger partial charge on any atom is 0.330 e. The Hall–Kier alpha value is -7.08. The molecule has 0 spiro atoms. The molecule has 3 aliphatic rings. The molecule has 19 heteroatoms. The van der Waals surface area contributed by atoms with Gasteiger partial charge in [-0.1, -0.05) is 42.7 Å². The van der Waals surface area contributed by atoms with Crippen LogP contribution in [0.2, 0.25) is 0 Å². The third-order valence-electron chi connectivity index (χ3n) is 12.8. The van der Waals surface area contributed by atoms with Crippen LogP contribution in [0.5, 0.6) is 28.7 Å². The monoisotopic (exact) mass is 1050 g/mol. The van der Waals surface area contributed by atoms with Crippen LogP contribution in [0.25, 0.3) is 10.2 Å². The van der Waals surface area contributed by atoms with Gasteiger partial charge >= 0.3 is 23.9 Å². The Balaban J connectivity index is 0.909. The number of nitriles is 1. The summed E-state index contributed by atoms with van der Waals surface area (Å²) >= 11 is 1.27. The van der Waals surface area contributed by atoms with Crippen molar-refractivity contribution in [2.45, 2.75) is 103 Å². The average Bonchev–Trinajstić information content (AvgIpc) is 3.87. The van der Waals surface area contributed by atoms with Crippen LogP contribution in [0.4, 0.5) is 5.13 Å². The molecule has 7 rings (SSSR count). The molecule has 1 aromatic heterocycles. The molecule has 2 saturated carbocycles. The van der Waals surface area contributed by atoms with Crippen molar-refractivity contribution in [3.63, 3.8) is 0 Å². The summed E-state index contributed by atoms with van der Waals surface area (Å²) in [5, 5.41) is 39.1. The second-order valence-electron chi connectivity index (χ2n) is 18.6. The quantitative estimate of drug-likeness (QED) is 0.0166. The van der Waals surface area contributed by atoms with Crippen molar-refractivity contribution < 1.29 is 67.3 Å². The highest BCUT2D eigenvalue weighted by atomic mass is 32.1. The lowest BCUT2D eigenvalue weighted by Gasteiger charge is -2.30. The summed E-state index contributed by atoms with van der Waals surface area (Å²) in [5.41, 5.74) is 1.86. The largest absolute Gasteiger partial charge is 0.491 e. The van der Waals surface area contributed by atoms with Crippen LogP contribution < -0.4 is 23.7 Å². The topological polar surface area (TPSA) is 244 Å². The van der Waals surface area contributed by atoms with Gasteiger partial charge in [0.1, 0.15) is 35.1 Å². The number of hydrogen-bond acceptors (Lipinski definition) is 19. The molecule has 4 unspecified atom stereocenters. The van der Waals surface area contributed by atoms with Gasteiger partial charge in [0.05, 0.1) is 59.5 Å². The van der Waals surface area contributed by atoms with Crippen molar-refractivity contribution in [3.05, 3.63) is 115 Å². The molecule has 4 aromatic rings. The molecular weight excluding hydrogens is 985 g/mol. The maximum absolute atomic E-state index is 13.7. The van der Waals surface area contributed by atoms with Crippen LogP contribution in [-0.4, -0.2) is 83.7 Å². The van der Waals surface area contributed by atoms with Gasteiger partial charge in [-0.3, -0.25) is 14.4 Å². The smallest absolute Gasteiger partial charge is 0.330 e. The SMILES string of the molecule is C=CC(=O)OC(COc1ccc(OC(=O)C2CCC(C(=O)Oc3ccc(CCOC(O)C4CCC(C(=O)Oc5ccc(OC(C)C)cc5)CC4)c4sc(N=NC5=CCC(C#N)C=C5)nc34)CC2)cc1)COC(O)C=C. The molecular formula is C56H62N4O14S. The number of azo groups is 1. The van der Waals surface area contributed by atoms with Gasteiger partial charge in [0.2, 0.25) is 5.13 Å². The third-order valence-corrected chi connectivity index (χ3v) is 13.9. The predicted octanol–water partition coefficient (Wildman–Crippen LogP) is 9.76. The summed E-state index contributed by atoms with van der Waals surface area (Å²) in [6.07, 6.45) is 9.30. The summed E-state index contributed by atoms with van der Waals surface area (Å²) in [4.78, 5) is 56.4. The second kappa shape index (κ2) is 27.5. The predicted molar refractivity (Wildman–Crippen MR) is 275 cm³/mol. The summed E-state index contributed by atoms with van der Waals surface area (Å²) in [6.45, 7) is 10.6. The number of benzene rings is 3. The van der Waals surface area contributed by atoms with Crippen molar-refractivity contribution >= 4 is 50.6 Å². The molecule has 18 nitrogen and oxygen atoms in total. The number of fused-ring (bicyclic) bond motifs is 1. The van der Waals surface area contributed by atoms with Crippen LogP contribution in [0.1, 0.15) is 77.2 Å². The average molecular weight is 1050 g/mol. The zero-order valence-corrected chi connectivity index (χ0v) is 42.8. The number of allylic oxidation sites excluding steroid dienone is 3. The normalized spacial score (nSPS) is 20.7. The van der Waals surface area contributed by atoms with Crippen LogP contribution >= 0.6 is 11.3 Å². The van der Waals surface area contributed by atoms with E-state index in [1.165, 1.54) is 17.4 Å². The number of aromatic nitrogens is 1. The first-order valence-electron chi connectivity index (χ1n) is 25.1. The zero-order chi connectivity index (χ0) is 53.3. The first-order chi connectivity index (χ1) is 36.3. The van der Waals surface area contributed by atoms with E-state index < -0.39 is 48.4 Å². The summed E-state index contributed by atoms with van der Waals surface area (Å²) < 4.78 is 45.9. The standard InChI is InChI=1S/C56H62N4O14S/c1-5-48(61)69-33-46(71-49(62)6-2)32-68-42-20-22-44(23-21-42)72-54(65)39-13-15-40(16-14-39)55(66)74-47-28-17-36(51-50(47)58-56(75-51)60-59-41-18-7-35(31-57)8-19-41)29-30-67-52(63)37-9-11-38(12-10-37)53(64)73-45-26-24-43(25-27-45)70-34(3)4/h5-7,17-28,34-35,37-40,46,48,52,61,63H,1-2,8-16,29-30,32-33H2,3-4H3. The fraction of sp³-hybridized carbons (Fsp3) is 0.429. The molecule has 396 valence electrons. The molecule has 2 fully saturated rings. The molecule has 3 aliphatic carbocycles. The molecule has 1 heterocycles. The van der Waals surface area contributed by atoms with Gasteiger partial charge in [0, 0.05) is 12.0 Å². The lowest BCUT2D eigenvalue weighted by atomic mass is 9.81. The van der Waals surface area contributed by atoms with E-state index in [1.54, 1.807) is 66.7 Å². The fourth-order valence-electron chi connectivity index (χ4n) is 8.70. The first kappa shape index (κ1) is 55.7. The Morgan fingerprint density at radius 1 is 0.787 bits per heavy atom. The van der Waals surface area contributed by atoms with Crippen LogP contribution in [0.15, 0.2) is 120 Å². The minimum Gasteiger partial charge on any atom is -0.491 e. The summed E-state index contributed by atoms with van der Waals surface area (Å²) in [5.74, 6) is -1.31. The molecule has 0 saturated heterocycles. The zero-order valence-electron chi connectivity index (χ0n) is 42.0. The van der Waals surface area contributed by atoms with Gasteiger partial charge in [0.15, 0.2) is 24.4 Å². The van der Waals surface area contributed by atoms with Gasteiger partial charge in [-0.05, 0) is 150 Å². The molecule has 3 aromatic carbocycles. The van der Waals surface area contributed by atoms with Crippen molar-refractivity contribution in [1.29, 1.82) is 5.26 Å². The maximum atomic E-state index is 13.7. The number of esters is 4. The number of thiazole rings is 1. The molecule has 0 bridgehead atoms. The van der Waals surface area contributed by atoms with Crippen LogP contribution in [0.3, 0.4) is 0 Å². The second-order valence-corrected chi connectivity index (χ2v) is 19.6. The lowest BCUT2D eigenvalue weighted by Crippen LogP contribution is -2.32. The van der Waals surface area contributed by atoms with E-state index in [0.717, 1.165) is 11.6 Å². The van der Waals surface area contributed by atoms with Crippen molar-refractivity contribution in [3.8, 4) is 34.8 Å². The highest BCUT2D eigenvalue weighted by Gasteiger charge is 2.34. The van der Waals surface area contributed by atoms with Gasteiger partial charge in [-0.2, -0.15) is 5.26 Å². The Kier molecular flexibility index (Phi) is 20.4. The van der Waals surface area contributed by atoms with E-state index in [0.29, 0.717) is 108 Å². The van der Waals surface area contributed by atoms with Gasteiger partial charge < -0.3 is 48.1 Å². The Bertz CT molecular complexity index is 2750. The Morgan fingerprint density at radius 3 is 1.96 bits per heavy atom. The number of carbonyl (C=O) groups is 4. The first-order valence-corrected chi connectivity index (χ1v) is 25.9. The van der Waals surface area contributed by atoms with Crippen molar-refractivity contribution in [2.75, 3.05) is 19.8 Å². The number of carbonyl (C=O) groups excluding carboxylic acids is 4. The number of aliphatic hydroxyl groups is 2. The van der Waals surface area contributed by atoms with E-state index in [-0.39, 0.29) is 55.4 Å². The molecule has 2 N–H and O–H groups in total. The van der Waals surface area contributed by atoms with Gasteiger partial charge in [-0.25, -0.2) is 9.78 Å². The highest BCUT2D eigenvalue weighted by molar-refractivity contribution is 7.22. The number of ether oxygens (including phenoxy) is 8. The number of aliphatic hydroxyl groups excluding tert-OH is 2. The lowest BCUT2D eigenvalue weighted by molar-refractivity contribution is -0.154.